The molecule has 4 rings (SSSR count). The number of aromatic nitrogens is 2. The first-order valence-corrected chi connectivity index (χ1v) is 11.1. The second-order valence-electron chi connectivity index (χ2n) is 7.00. The monoisotopic (exact) mass is 487 g/mol. The molecule has 172 valence electrons. The van der Waals surface area contributed by atoms with Gasteiger partial charge in [0.25, 0.3) is 16.0 Å². The highest BCUT2D eigenvalue weighted by atomic mass is 32.2. The molecule has 0 saturated heterocycles. The minimum Gasteiger partial charge on any atom is -0.505 e. The maximum absolute atomic E-state index is 12.9. The normalized spacial score (nSPS) is 11.3. The fourth-order valence-electron chi connectivity index (χ4n) is 3.17. The highest BCUT2D eigenvalue weighted by Crippen LogP contribution is 2.39. The Balaban J connectivity index is 1.73. The number of aromatic amines is 1. The third kappa shape index (κ3) is 4.67. The summed E-state index contributed by atoms with van der Waals surface area (Å²) < 4.78 is 31.5. The molecular formula is C22H13N7O5S. The van der Waals surface area contributed by atoms with Gasteiger partial charge in [-0.15, -0.1) is 10.2 Å². The number of phenolic OH excluding ortho intramolecular Hbond substituents is 1. The number of nitrogens with one attached hydrogen (secondary N) is 2. The van der Waals surface area contributed by atoms with Gasteiger partial charge in [0.1, 0.15) is 17.8 Å². The van der Waals surface area contributed by atoms with Crippen LogP contribution in [-0.2, 0) is 10.1 Å². The van der Waals surface area contributed by atoms with Crippen LogP contribution in [0.2, 0.25) is 0 Å². The van der Waals surface area contributed by atoms with Gasteiger partial charge in [-0.2, -0.15) is 23.9 Å². The largest absolute Gasteiger partial charge is 0.505 e. The second kappa shape index (κ2) is 9.03. The second-order valence-corrected chi connectivity index (χ2v) is 8.43. The third-order valence-electron chi connectivity index (χ3n) is 4.80. The van der Waals surface area contributed by atoms with Crippen LogP contribution in [0, 0.1) is 22.7 Å². The molecule has 12 nitrogen and oxygen atoms in total. The number of hydrogen-bond donors (Lipinski definition) is 4. The van der Waals surface area contributed by atoms with Crippen molar-refractivity contribution < 1.29 is 22.9 Å². The molecule has 1 heterocycles. The number of aromatic hydroxyl groups is 1. The van der Waals surface area contributed by atoms with Gasteiger partial charge in [0, 0.05) is 11.1 Å². The quantitative estimate of drug-likeness (QED) is 0.239. The van der Waals surface area contributed by atoms with Crippen molar-refractivity contribution >= 4 is 44.1 Å². The standard InChI is InChI=1S/C22H13N7O5S/c23-10-17-18(11-24)27-22(26-17)29-28-19-15-4-2-1-3-12(15)9-16(20(19)30)21(31)25-13-5-7-14(8-6-13)35(32,33)34/h1-9,30H,(H,25,31)(H,26,27)(H,32,33,34). The predicted molar refractivity (Wildman–Crippen MR) is 122 cm³/mol. The molecule has 0 aliphatic rings. The van der Waals surface area contributed by atoms with E-state index in [2.05, 4.69) is 25.5 Å². The molecule has 0 spiro atoms. The van der Waals surface area contributed by atoms with Crippen LogP contribution in [0.25, 0.3) is 10.8 Å². The van der Waals surface area contributed by atoms with Crippen molar-refractivity contribution in [2.45, 2.75) is 4.90 Å². The van der Waals surface area contributed by atoms with Gasteiger partial charge in [-0.3, -0.25) is 9.35 Å². The van der Waals surface area contributed by atoms with E-state index in [1.54, 1.807) is 36.4 Å². The molecule has 4 N–H and O–H groups in total. The van der Waals surface area contributed by atoms with Crippen molar-refractivity contribution in [3.8, 4) is 17.9 Å². The Kier molecular flexibility index (Phi) is 5.95. The van der Waals surface area contributed by atoms with Gasteiger partial charge in [-0.05, 0) is 35.7 Å². The van der Waals surface area contributed by atoms with Gasteiger partial charge in [-0.1, -0.05) is 24.3 Å². The Morgan fingerprint density at radius 1 is 1.06 bits per heavy atom. The smallest absolute Gasteiger partial charge is 0.294 e. The number of benzene rings is 3. The number of phenols is 1. The maximum Gasteiger partial charge on any atom is 0.294 e. The first kappa shape index (κ1) is 23.1. The molecule has 13 heteroatoms. The minimum atomic E-state index is -4.39. The van der Waals surface area contributed by atoms with E-state index in [0.717, 1.165) is 12.1 Å². The average Bonchev–Trinajstić information content (AvgIpc) is 3.25. The fourth-order valence-corrected chi connectivity index (χ4v) is 3.65. The van der Waals surface area contributed by atoms with Crippen molar-refractivity contribution in [3.05, 3.63) is 71.5 Å². The number of imidazole rings is 1. The first-order chi connectivity index (χ1) is 16.7. The average molecular weight is 487 g/mol. The Morgan fingerprint density at radius 2 is 1.77 bits per heavy atom. The summed E-state index contributed by atoms with van der Waals surface area (Å²) in [6.45, 7) is 0. The highest BCUT2D eigenvalue weighted by molar-refractivity contribution is 7.85. The number of nitriles is 2. The lowest BCUT2D eigenvalue weighted by atomic mass is 10.0. The van der Waals surface area contributed by atoms with Crippen molar-refractivity contribution in [2.75, 3.05) is 5.32 Å². The number of nitrogens with zero attached hydrogens (tertiary/aromatic N) is 5. The third-order valence-corrected chi connectivity index (χ3v) is 5.67. The number of carbonyl (C=O) groups excluding carboxylic acids is 1. The molecule has 0 unspecified atom stereocenters. The van der Waals surface area contributed by atoms with Gasteiger partial charge in [-0.25, -0.2) is 0 Å². The number of fused-ring (bicyclic) bond motifs is 1. The van der Waals surface area contributed by atoms with Crippen LogP contribution >= 0.6 is 0 Å². The number of amides is 1. The number of hydrogen-bond acceptors (Lipinski definition) is 9. The van der Waals surface area contributed by atoms with E-state index in [1.807, 2.05) is 0 Å². The van der Waals surface area contributed by atoms with Crippen LogP contribution in [0.1, 0.15) is 21.7 Å². The SMILES string of the molecule is N#Cc1nc(N=Nc2c(O)c(C(=O)Nc3ccc(S(=O)(=O)O)cc3)cc3ccccc23)[nH]c1C#N. The molecule has 1 aromatic heterocycles. The van der Waals surface area contributed by atoms with E-state index in [-0.39, 0.29) is 39.2 Å². The molecule has 35 heavy (non-hydrogen) atoms. The first-order valence-electron chi connectivity index (χ1n) is 9.67. The lowest BCUT2D eigenvalue weighted by Gasteiger charge is -2.11. The number of rotatable bonds is 5. The summed E-state index contributed by atoms with van der Waals surface area (Å²) in [5, 5.41) is 40.3. The fraction of sp³-hybridized carbons (Fsp3) is 0. The Bertz CT molecular complexity index is 1660. The highest BCUT2D eigenvalue weighted by Gasteiger charge is 2.19. The zero-order valence-electron chi connectivity index (χ0n) is 17.5. The minimum absolute atomic E-state index is 0.0524. The molecule has 4 aromatic rings. The van der Waals surface area contributed by atoms with Gasteiger partial charge >= 0.3 is 0 Å². The zero-order chi connectivity index (χ0) is 25.2. The molecular weight excluding hydrogens is 474 g/mol. The van der Waals surface area contributed by atoms with Gasteiger partial charge in [0.15, 0.2) is 17.1 Å². The van der Waals surface area contributed by atoms with E-state index >= 15 is 0 Å². The lowest BCUT2D eigenvalue weighted by molar-refractivity contribution is 0.102. The predicted octanol–water partition coefficient (Wildman–Crippen LogP) is 3.93. The topological polar surface area (TPSA) is 205 Å². The Hall–Kier alpha value is -5.11. The molecule has 0 saturated carbocycles. The van der Waals surface area contributed by atoms with E-state index in [4.69, 9.17) is 15.1 Å². The van der Waals surface area contributed by atoms with Crippen LogP contribution in [0.4, 0.5) is 17.3 Å². The molecule has 1 amide bonds. The summed E-state index contributed by atoms with van der Waals surface area (Å²) in [7, 11) is -4.39. The Morgan fingerprint density at radius 3 is 2.40 bits per heavy atom. The summed E-state index contributed by atoms with van der Waals surface area (Å²) >= 11 is 0. The van der Waals surface area contributed by atoms with E-state index in [1.165, 1.54) is 18.2 Å². The van der Waals surface area contributed by atoms with Crippen LogP contribution in [-0.4, -0.2) is 34.0 Å². The number of azo groups is 1. The van der Waals surface area contributed by atoms with Crippen molar-refractivity contribution in [2.24, 2.45) is 10.2 Å². The van der Waals surface area contributed by atoms with Gasteiger partial charge < -0.3 is 15.4 Å². The molecule has 0 aliphatic heterocycles. The molecule has 0 aliphatic carbocycles. The number of H-pyrrole nitrogens is 1. The zero-order valence-corrected chi connectivity index (χ0v) is 18.3. The van der Waals surface area contributed by atoms with E-state index in [9.17, 15) is 18.3 Å². The van der Waals surface area contributed by atoms with E-state index < -0.39 is 21.8 Å². The van der Waals surface area contributed by atoms with Gasteiger partial charge in [0.2, 0.25) is 5.95 Å². The summed E-state index contributed by atoms with van der Waals surface area (Å²) in [5.41, 5.74) is -0.246. The van der Waals surface area contributed by atoms with Crippen molar-refractivity contribution in [1.29, 1.82) is 10.5 Å². The maximum atomic E-state index is 12.9. The molecule has 0 atom stereocenters. The molecule has 0 bridgehead atoms. The number of anilines is 1. The summed E-state index contributed by atoms with van der Waals surface area (Å²) in [4.78, 5) is 18.9. The van der Waals surface area contributed by atoms with Crippen LogP contribution in [0.15, 0.2) is 69.7 Å². The van der Waals surface area contributed by atoms with Crippen LogP contribution in [0.5, 0.6) is 5.75 Å². The number of carbonyl (C=O) groups is 1. The summed E-state index contributed by atoms with van der Waals surface area (Å²) in [5.74, 6) is -1.36. The van der Waals surface area contributed by atoms with Crippen LogP contribution in [0.3, 0.4) is 0 Å². The summed E-state index contributed by atoms with van der Waals surface area (Å²) in [6.07, 6.45) is 0. The van der Waals surface area contributed by atoms with Crippen molar-refractivity contribution in [3.63, 3.8) is 0 Å². The van der Waals surface area contributed by atoms with E-state index in [0.29, 0.717) is 10.8 Å². The van der Waals surface area contributed by atoms with Gasteiger partial charge in [0.05, 0.1) is 10.5 Å². The Labute approximate surface area is 197 Å². The summed E-state index contributed by atoms with van der Waals surface area (Å²) in [6, 6.07) is 16.5. The molecule has 0 fully saturated rings. The van der Waals surface area contributed by atoms with Crippen molar-refractivity contribution in [1.82, 2.24) is 9.97 Å². The van der Waals surface area contributed by atoms with Crippen LogP contribution < -0.4 is 5.32 Å². The molecule has 0 radical (unpaired) electrons. The lowest BCUT2D eigenvalue weighted by Crippen LogP contribution is -2.12. The molecule has 3 aromatic carbocycles.